The Labute approximate surface area is 308 Å². The number of hydrogen-bond acceptors (Lipinski definition) is 8. The lowest BCUT2D eigenvalue weighted by Gasteiger charge is -2.36. The van der Waals surface area contributed by atoms with Crippen molar-refractivity contribution in [2.75, 3.05) is 0 Å². The fourth-order valence-corrected chi connectivity index (χ4v) is 7.70. The molecule has 0 aliphatic carbocycles. The molecule has 0 bridgehead atoms. The van der Waals surface area contributed by atoms with Crippen LogP contribution in [0.25, 0.3) is 0 Å². The summed E-state index contributed by atoms with van der Waals surface area (Å²) in [6.45, 7) is 2.24. The fourth-order valence-electron chi connectivity index (χ4n) is 7.70. The van der Waals surface area contributed by atoms with Gasteiger partial charge in [0.15, 0.2) is 0 Å². The van der Waals surface area contributed by atoms with Crippen LogP contribution in [0.5, 0.6) is 46.0 Å². The van der Waals surface area contributed by atoms with Crippen molar-refractivity contribution in [2.24, 2.45) is 0 Å². The third-order valence-corrected chi connectivity index (χ3v) is 10.4. The molecular weight excluding hydrogens is 656 g/mol. The second-order valence-electron chi connectivity index (χ2n) is 14.4. The number of unbranched alkanes of at least 4 members (excludes halogenated alkanes) is 13. The summed E-state index contributed by atoms with van der Waals surface area (Å²) in [5.74, 6) is -2.85. The van der Waals surface area contributed by atoms with Crippen molar-refractivity contribution >= 4 is 0 Å². The average Bonchev–Trinajstić information content (AvgIpc) is 3.09. The van der Waals surface area contributed by atoms with E-state index in [2.05, 4.69) is 6.92 Å². The Balaban J connectivity index is 1.62. The molecule has 4 rings (SSSR count). The van der Waals surface area contributed by atoms with Crippen LogP contribution >= 0.6 is 0 Å². The van der Waals surface area contributed by atoms with Crippen LogP contribution < -0.4 is 0 Å². The van der Waals surface area contributed by atoms with Crippen molar-refractivity contribution in [1.82, 2.24) is 0 Å². The first-order valence-corrected chi connectivity index (χ1v) is 19.2. The van der Waals surface area contributed by atoms with Crippen molar-refractivity contribution in [2.45, 2.75) is 127 Å². The molecule has 282 valence electrons. The van der Waals surface area contributed by atoms with E-state index in [9.17, 15) is 40.9 Å². The van der Waals surface area contributed by atoms with Gasteiger partial charge in [-0.1, -0.05) is 121 Å². The minimum Gasteiger partial charge on any atom is -0.508 e. The zero-order valence-electron chi connectivity index (χ0n) is 30.6. The summed E-state index contributed by atoms with van der Waals surface area (Å²) in [5, 5.41) is 85.6. The highest BCUT2D eigenvalue weighted by atomic mass is 16.3. The van der Waals surface area contributed by atoms with Crippen LogP contribution in [-0.4, -0.2) is 40.9 Å². The molecule has 4 aromatic rings. The SMILES string of the molecule is CCCCCCCCCCCCCCCCC(c1ccc(O)cc1O)C(c1ccc(O)cc1O)C(Cc1ccc(O)cc1O)c1ccc(O)cc1O. The quantitative estimate of drug-likeness (QED) is 0.0373. The van der Waals surface area contributed by atoms with Crippen molar-refractivity contribution < 1.29 is 40.9 Å². The molecule has 8 N–H and O–H groups in total. The molecule has 52 heavy (non-hydrogen) atoms. The van der Waals surface area contributed by atoms with E-state index in [0.29, 0.717) is 28.7 Å². The van der Waals surface area contributed by atoms with Crippen LogP contribution in [0.3, 0.4) is 0 Å². The Bertz CT molecular complexity index is 1690. The zero-order valence-corrected chi connectivity index (χ0v) is 30.6. The Hall–Kier alpha value is -4.72. The highest BCUT2D eigenvalue weighted by molar-refractivity contribution is 5.52. The van der Waals surface area contributed by atoms with Gasteiger partial charge in [0.05, 0.1) is 0 Å². The normalized spacial score (nSPS) is 13.2. The molecule has 8 heteroatoms. The van der Waals surface area contributed by atoms with Crippen molar-refractivity contribution in [1.29, 1.82) is 0 Å². The molecule has 4 aromatic carbocycles. The second-order valence-corrected chi connectivity index (χ2v) is 14.4. The number of phenols is 8. The molecule has 0 amide bonds. The second kappa shape index (κ2) is 20.4. The third kappa shape index (κ3) is 11.7. The summed E-state index contributed by atoms with van der Waals surface area (Å²) in [6.07, 6.45) is 17.7. The van der Waals surface area contributed by atoms with E-state index in [4.69, 9.17) is 0 Å². The summed E-state index contributed by atoms with van der Waals surface area (Å²) in [5.41, 5.74) is 1.91. The molecule has 0 aliphatic heterocycles. The lowest BCUT2D eigenvalue weighted by Crippen LogP contribution is -2.22. The van der Waals surface area contributed by atoms with Gasteiger partial charge < -0.3 is 40.9 Å². The molecule has 0 aromatic heterocycles. The molecule has 0 spiro atoms. The smallest absolute Gasteiger partial charge is 0.122 e. The van der Waals surface area contributed by atoms with Crippen LogP contribution in [0.1, 0.15) is 143 Å². The standard InChI is InChI=1S/C44H58O8/c1-2-3-4-5-6-7-8-9-10-11-12-13-14-15-16-37(35-22-19-32(46)27-41(35)50)44(38-24-21-34(48)29-43(38)52)39(36-23-20-33(47)28-42(36)51)25-30-17-18-31(45)26-40(30)49/h17-24,26-29,37,39,44-52H,2-16,25H2,1H3. The van der Waals surface area contributed by atoms with Gasteiger partial charge in [0, 0.05) is 30.2 Å². The maximum atomic E-state index is 11.4. The van der Waals surface area contributed by atoms with Gasteiger partial charge in [0.2, 0.25) is 0 Å². The van der Waals surface area contributed by atoms with Gasteiger partial charge in [-0.05, 0) is 71.2 Å². The van der Waals surface area contributed by atoms with Gasteiger partial charge in [-0.2, -0.15) is 0 Å². The van der Waals surface area contributed by atoms with Crippen molar-refractivity contribution in [3.05, 3.63) is 95.1 Å². The van der Waals surface area contributed by atoms with Gasteiger partial charge in [-0.3, -0.25) is 0 Å². The topological polar surface area (TPSA) is 162 Å². The average molecular weight is 715 g/mol. The third-order valence-electron chi connectivity index (χ3n) is 10.4. The lowest BCUT2D eigenvalue weighted by molar-refractivity contribution is 0.363. The predicted octanol–water partition coefficient (Wildman–Crippen LogP) is 11.1. The Morgan fingerprint density at radius 3 is 1.17 bits per heavy atom. The van der Waals surface area contributed by atoms with Gasteiger partial charge in [-0.25, -0.2) is 0 Å². The number of benzene rings is 4. The maximum Gasteiger partial charge on any atom is 0.122 e. The molecule has 0 saturated carbocycles. The molecule has 0 aliphatic rings. The summed E-state index contributed by atoms with van der Waals surface area (Å²) in [6, 6.07) is 17.5. The van der Waals surface area contributed by atoms with Crippen LogP contribution in [-0.2, 0) is 6.42 Å². The number of aromatic hydroxyl groups is 8. The summed E-state index contributed by atoms with van der Waals surface area (Å²) >= 11 is 0. The zero-order chi connectivity index (χ0) is 37.5. The summed E-state index contributed by atoms with van der Waals surface area (Å²) in [7, 11) is 0. The van der Waals surface area contributed by atoms with Gasteiger partial charge in [-0.15, -0.1) is 0 Å². The minimum absolute atomic E-state index is 0.0951. The number of rotatable bonds is 22. The van der Waals surface area contributed by atoms with Gasteiger partial charge in [0.25, 0.3) is 0 Å². The monoisotopic (exact) mass is 714 g/mol. The Morgan fingerprint density at radius 2 is 0.750 bits per heavy atom. The van der Waals surface area contributed by atoms with Crippen molar-refractivity contribution in [3.63, 3.8) is 0 Å². The maximum absolute atomic E-state index is 11.4. The van der Waals surface area contributed by atoms with Gasteiger partial charge >= 0.3 is 0 Å². The summed E-state index contributed by atoms with van der Waals surface area (Å²) in [4.78, 5) is 0. The van der Waals surface area contributed by atoms with Crippen LogP contribution in [0, 0.1) is 0 Å². The van der Waals surface area contributed by atoms with E-state index < -0.39 is 17.8 Å². The number of phenolic OH excluding ortho intramolecular Hbond substituents is 8. The largest absolute Gasteiger partial charge is 0.508 e. The van der Waals surface area contributed by atoms with Crippen LogP contribution in [0.15, 0.2) is 72.8 Å². The number of hydrogen-bond donors (Lipinski definition) is 8. The minimum atomic E-state index is -0.656. The lowest BCUT2D eigenvalue weighted by atomic mass is 9.67. The van der Waals surface area contributed by atoms with Crippen molar-refractivity contribution in [3.8, 4) is 46.0 Å². The Morgan fingerprint density at radius 1 is 0.385 bits per heavy atom. The van der Waals surface area contributed by atoms with Crippen LogP contribution in [0.4, 0.5) is 0 Å². The molecule has 0 saturated heterocycles. The highest BCUT2D eigenvalue weighted by Crippen LogP contribution is 2.53. The molecular formula is C44H58O8. The first-order valence-electron chi connectivity index (χ1n) is 19.2. The Kier molecular flexibility index (Phi) is 15.7. The molecule has 3 unspecified atom stereocenters. The van der Waals surface area contributed by atoms with E-state index >= 15 is 0 Å². The molecule has 8 nitrogen and oxygen atoms in total. The first kappa shape index (κ1) is 40.1. The molecule has 0 heterocycles. The first-order chi connectivity index (χ1) is 25.1. The predicted molar refractivity (Wildman–Crippen MR) is 206 cm³/mol. The molecule has 0 fully saturated rings. The fraction of sp³-hybridized carbons (Fsp3) is 0.455. The summed E-state index contributed by atoms with van der Waals surface area (Å²) < 4.78 is 0. The molecule has 0 radical (unpaired) electrons. The van der Waals surface area contributed by atoms with E-state index in [-0.39, 0.29) is 52.4 Å². The van der Waals surface area contributed by atoms with E-state index in [0.717, 1.165) is 25.7 Å². The van der Waals surface area contributed by atoms with Crippen LogP contribution in [0.2, 0.25) is 0 Å². The van der Waals surface area contributed by atoms with E-state index in [1.807, 2.05) is 0 Å². The van der Waals surface area contributed by atoms with E-state index in [1.165, 1.54) is 113 Å². The van der Waals surface area contributed by atoms with E-state index in [1.54, 1.807) is 24.3 Å². The molecule has 3 atom stereocenters. The highest BCUT2D eigenvalue weighted by Gasteiger charge is 2.37. The van der Waals surface area contributed by atoms with Gasteiger partial charge in [0.1, 0.15) is 46.0 Å².